The van der Waals surface area contributed by atoms with Gasteiger partial charge >= 0.3 is 7.12 Å². The minimum absolute atomic E-state index is 0.386. The molecule has 0 N–H and O–H groups in total. The second-order valence-corrected chi connectivity index (χ2v) is 12.0. The summed E-state index contributed by atoms with van der Waals surface area (Å²) in [4.78, 5) is 2.34. The largest absolute Gasteiger partial charge is 0.494 e. The van der Waals surface area contributed by atoms with Crippen molar-refractivity contribution in [2.45, 2.75) is 58.7 Å². The molecule has 1 saturated heterocycles. The molecule has 0 aromatic heterocycles. The van der Waals surface area contributed by atoms with Gasteiger partial charge in [-0.15, -0.1) is 0 Å². The highest BCUT2D eigenvalue weighted by molar-refractivity contribution is 6.62. The van der Waals surface area contributed by atoms with E-state index in [0.717, 1.165) is 46.5 Å². The number of para-hydroxylation sites is 1. The van der Waals surface area contributed by atoms with Crippen LogP contribution in [0.4, 0.5) is 17.1 Å². The molecule has 1 aliphatic carbocycles. The highest BCUT2D eigenvalue weighted by Gasteiger charge is 2.51. The molecule has 1 fully saturated rings. The molecule has 3 aromatic carbocycles. The highest BCUT2D eigenvalue weighted by Crippen LogP contribution is 2.41. The molecule has 1 heterocycles. The average molecular weight is 568 g/mol. The monoisotopic (exact) mass is 567 g/mol. The van der Waals surface area contributed by atoms with Crippen LogP contribution in [-0.2, 0) is 9.31 Å². The first-order valence-corrected chi connectivity index (χ1v) is 15.2. The Morgan fingerprint density at radius 1 is 0.837 bits per heavy atom. The molecule has 218 valence electrons. The SMILES string of the molecule is C=C/C=C(\C=C/C)c1ccc(N(c2ccc(B3OC(C)(C)C(C)(C)O3)cc2)c2ccccc2C2=CCC/C=C/C=C2)cc1. The molecule has 3 nitrogen and oxygen atoms in total. The maximum Gasteiger partial charge on any atom is 0.494 e. The quantitative estimate of drug-likeness (QED) is 0.200. The third-order valence-electron chi connectivity index (χ3n) is 8.46. The van der Waals surface area contributed by atoms with E-state index in [1.807, 2.05) is 19.1 Å². The van der Waals surface area contributed by atoms with E-state index in [2.05, 4.69) is 155 Å². The molecule has 4 heteroatoms. The zero-order valence-electron chi connectivity index (χ0n) is 26.1. The summed E-state index contributed by atoms with van der Waals surface area (Å²) in [5.41, 5.74) is 8.17. The minimum atomic E-state index is -0.404. The number of anilines is 3. The van der Waals surface area contributed by atoms with Gasteiger partial charge in [-0.3, -0.25) is 0 Å². The standard InChI is InChI=1S/C39H42BNO2/c1-7-16-30(17-8-2)31-22-26-34(27-23-31)41(37-21-15-14-20-36(37)32-18-12-10-9-11-13-19-32)35-28-24-33(25-29-35)40-42-38(3,4)39(5,6)43-40/h7-10,12,14-29H,1,11,13H2,2-6H3/b10-9+,17-8-,18-12?,30-16+,32-19?. The molecule has 43 heavy (non-hydrogen) atoms. The van der Waals surface area contributed by atoms with Gasteiger partial charge in [-0.2, -0.15) is 0 Å². The van der Waals surface area contributed by atoms with Crippen molar-refractivity contribution in [1.82, 2.24) is 0 Å². The van der Waals surface area contributed by atoms with Gasteiger partial charge in [0.15, 0.2) is 0 Å². The Hall–Kier alpha value is -4.12. The molecule has 0 radical (unpaired) electrons. The summed E-state index contributed by atoms with van der Waals surface area (Å²) in [5, 5.41) is 0. The molecule has 0 unspecified atom stereocenters. The Morgan fingerprint density at radius 3 is 2.14 bits per heavy atom. The van der Waals surface area contributed by atoms with Crippen molar-refractivity contribution in [3.8, 4) is 0 Å². The summed E-state index contributed by atoms with van der Waals surface area (Å²) in [6.45, 7) is 14.3. The molecule has 0 spiro atoms. The second-order valence-electron chi connectivity index (χ2n) is 12.0. The van der Waals surface area contributed by atoms with Crippen molar-refractivity contribution in [1.29, 1.82) is 0 Å². The number of allylic oxidation sites excluding steroid dienone is 11. The van der Waals surface area contributed by atoms with Crippen LogP contribution in [0.15, 0.2) is 134 Å². The smallest absolute Gasteiger partial charge is 0.399 e. The molecule has 0 atom stereocenters. The second kappa shape index (κ2) is 13.0. The lowest BCUT2D eigenvalue weighted by Gasteiger charge is -2.32. The number of nitrogens with zero attached hydrogens (tertiary/aromatic N) is 1. The first kappa shape index (κ1) is 30.3. The van der Waals surface area contributed by atoms with Gasteiger partial charge in [-0.1, -0.05) is 104 Å². The summed E-state index contributed by atoms with van der Waals surface area (Å²) in [7, 11) is -0.404. The van der Waals surface area contributed by atoms with Gasteiger partial charge in [0.25, 0.3) is 0 Å². The van der Waals surface area contributed by atoms with Crippen LogP contribution in [0.5, 0.6) is 0 Å². The van der Waals surface area contributed by atoms with E-state index in [9.17, 15) is 0 Å². The number of benzene rings is 3. The van der Waals surface area contributed by atoms with Gasteiger partial charge in [-0.05, 0) is 100.0 Å². The van der Waals surface area contributed by atoms with Crippen molar-refractivity contribution >= 4 is 40.8 Å². The fourth-order valence-corrected chi connectivity index (χ4v) is 5.39. The third kappa shape index (κ3) is 6.61. The van der Waals surface area contributed by atoms with E-state index in [1.165, 1.54) is 11.1 Å². The Kier molecular flexibility index (Phi) is 9.20. The summed E-state index contributed by atoms with van der Waals surface area (Å²) in [6, 6.07) is 26.0. The molecule has 0 saturated carbocycles. The van der Waals surface area contributed by atoms with Gasteiger partial charge in [0.1, 0.15) is 0 Å². The van der Waals surface area contributed by atoms with E-state index in [-0.39, 0.29) is 11.2 Å². The van der Waals surface area contributed by atoms with Gasteiger partial charge < -0.3 is 14.2 Å². The van der Waals surface area contributed by atoms with E-state index in [1.54, 1.807) is 0 Å². The van der Waals surface area contributed by atoms with Crippen LogP contribution in [0.3, 0.4) is 0 Å². The van der Waals surface area contributed by atoms with E-state index in [0.29, 0.717) is 0 Å². The minimum Gasteiger partial charge on any atom is -0.399 e. The molecule has 1 aliphatic heterocycles. The lowest BCUT2D eigenvalue weighted by atomic mass is 9.79. The molecule has 2 aliphatic rings. The summed E-state index contributed by atoms with van der Waals surface area (Å²) in [5.74, 6) is 0. The van der Waals surface area contributed by atoms with Crippen molar-refractivity contribution < 1.29 is 9.31 Å². The highest BCUT2D eigenvalue weighted by atomic mass is 16.7. The lowest BCUT2D eigenvalue weighted by Crippen LogP contribution is -2.41. The molecule has 3 aromatic rings. The van der Waals surface area contributed by atoms with Gasteiger partial charge in [0.2, 0.25) is 0 Å². The topological polar surface area (TPSA) is 21.7 Å². The van der Waals surface area contributed by atoms with Gasteiger partial charge in [0.05, 0.1) is 16.9 Å². The van der Waals surface area contributed by atoms with Crippen LogP contribution in [-0.4, -0.2) is 18.3 Å². The average Bonchev–Trinajstić information content (AvgIpc) is 3.20. The van der Waals surface area contributed by atoms with Gasteiger partial charge in [-0.25, -0.2) is 0 Å². The van der Waals surface area contributed by atoms with Crippen molar-refractivity contribution in [2.24, 2.45) is 0 Å². The number of rotatable bonds is 8. The molecular formula is C39H42BNO2. The predicted octanol–water partition coefficient (Wildman–Crippen LogP) is 9.89. The van der Waals surface area contributed by atoms with Gasteiger partial charge in [0, 0.05) is 16.9 Å². The Morgan fingerprint density at radius 2 is 1.49 bits per heavy atom. The van der Waals surface area contributed by atoms with E-state index in [4.69, 9.17) is 9.31 Å². The molecule has 0 bridgehead atoms. The maximum atomic E-state index is 6.34. The number of hydrogen-bond acceptors (Lipinski definition) is 3. The van der Waals surface area contributed by atoms with Crippen molar-refractivity contribution in [2.75, 3.05) is 4.90 Å². The van der Waals surface area contributed by atoms with Crippen LogP contribution >= 0.6 is 0 Å². The van der Waals surface area contributed by atoms with Crippen LogP contribution in [0.25, 0.3) is 11.1 Å². The summed E-state index contributed by atoms with van der Waals surface area (Å²) >= 11 is 0. The van der Waals surface area contributed by atoms with Crippen LogP contribution in [0, 0.1) is 0 Å². The van der Waals surface area contributed by atoms with E-state index < -0.39 is 7.12 Å². The first-order valence-electron chi connectivity index (χ1n) is 15.2. The zero-order chi connectivity index (χ0) is 30.5. The third-order valence-corrected chi connectivity index (χ3v) is 8.46. The Bertz CT molecular complexity index is 1570. The predicted molar refractivity (Wildman–Crippen MR) is 185 cm³/mol. The van der Waals surface area contributed by atoms with Crippen LogP contribution in [0.2, 0.25) is 0 Å². The van der Waals surface area contributed by atoms with E-state index >= 15 is 0 Å². The maximum absolute atomic E-state index is 6.34. The molecule has 0 amide bonds. The van der Waals surface area contributed by atoms with Crippen molar-refractivity contribution in [3.05, 3.63) is 145 Å². The zero-order valence-corrected chi connectivity index (χ0v) is 26.1. The van der Waals surface area contributed by atoms with Crippen LogP contribution in [0.1, 0.15) is 58.6 Å². The first-order chi connectivity index (χ1) is 20.7. The van der Waals surface area contributed by atoms with Crippen molar-refractivity contribution in [3.63, 3.8) is 0 Å². The fourth-order valence-electron chi connectivity index (χ4n) is 5.39. The Labute approximate surface area is 258 Å². The summed E-state index contributed by atoms with van der Waals surface area (Å²) in [6.07, 6.45) is 21.1. The molecule has 5 rings (SSSR count). The normalized spacial score (nSPS) is 18.7. The molecular weight excluding hydrogens is 525 g/mol. The lowest BCUT2D eigenvalue weighted by molar-refractivity contribution is 0.00578. The summed E-state index contributed by atoms with van der Waals surface area (Å²) < 4.78 is 12.7. The van der Waals surface area contributed by atoms with Crippen LogP contribution < -0.4 is 10.4 Å². The fraction of sp³-hybridized carbons (Fsp3) is 0.231. The Balaban J connectivity index is 1.59. The number of hydrogen-bond donors (Lipinski definition) is 0.